The Balaban J connectivity index is 2.11. The number of aliphatic hydroxyl groups is 1. The molecule has 0 saturated carbocycles. The van der Waals surface area contributed by atoms with Crippen LogP contribution in [-0.4, -0.2) is 34.2 Å². The summed E-state index contributed by atoms with van der Waals surface area (Å²) < 4.78 is 44.9. The number of amides is 1. The molecule has 1 amide bonds. The number of piperidine rings is 1. The van der Waals surface area contributed by atoms with E-state index in [0.29, 0.717) is 13.0 Å². The van der Waals surface area contributed by atoms with Gasteiger partial charge in [0.05, 0.1) is 11.6 Å². The van der Waals surface area contributed by atoms with Gasteiger partial charge in [-0.15, -0.1) is 0 Å². The second-order valence-electron chi connectivity index (χ2n) is 6.89. The van der Waals surface area contributed by atoms with Crippen molar-refractivity contribution < 1.29 is 27.8 Å². The lowest BCUT2D eigenvalue weighted by atomic mass is 9.84. The molecule has 1 aromatic rings. The van der Waals surface area contributed by atoms with Gasteiger partial charge < -0.3 is 14.7 Å². The molecule has 0 unspecified atom stereocenters. The summed E-state index contributed by atoms with van der Waals surface area (Å²) in [5.74, 6) is 0.132. The zero-order valence-corrected chi connectivity index (χ0v) is 13.6. The third kappa shape index (κ3) is 2.85. The van der Waals surface area contributed by atoms with E-state index >= 15 is 0 Å². The Morgan fingerprint density at radius 2 is 2.00 bits per heavy atom. The Kier molecular flexibility index (Phi) is 4.02. The highest BCUT2D eigenvalue weighted by Crippen LogP contribution is 2.45. The molecule has 2 atom stereocenters. The average molecular weight is 343 g/mol. The van der Waals surface area contributed by atoms with Crippen LogP contribution in [0.2, 0.25) is 0 Å². The van der Waals surface area contributed by atoms with Gasteiger partial charge in [-0.05, 0) is 44.9 Å². The first-order chi connectivity index (χ1) is 11.1. The Bertz CT molecular complexity index is 657. The maximum atomic E-state index is 13.1. The maximum Gasteiger partial charge on any atom is 0.416 e. The number of hydrogen-bond acceptors (Lipinski definition) is 3. The highest BCUT2D eigenvalue weighted by atomic mass is 19.4. The van der Waals surface area contributed by atoms with Crippen LogP contribution in [0.4, 0.5) is 13.2 Å². The summed E-state index contributed by atoms with van der Waals surface area (Å²) in [6, 6.07) is 2.38. The minimum absolute atomic E-state index is 0.147. The number of fused-ring (bicyclic) bond motifs is 1. The number of hydrogen-bond donors (Lipinski definition) is 1. The molecule has 0 aliphatic carbocycles. The van der Waals surface area contributed by atoms with E-state index in [1.165, 1.54) is 11.0 Å². The lowest BCUT2D eigenvalue weighted by molar-refractivity contribution is -0.147. The average Bonchev–Trinajstić information content (AvgIpc) is 2.48. The van der Waals surface area contributed by atoms with Crippen molar-refractivity contribution in [1.82, 2.24) is 4.90 Å². The van der Waals surface area contributed by atoms with Crippen molar-refractivity contribution in [2.24, 2.45) is 0 Å². The second-order valence-corrected chi connectivity index (χ2v) is 6.89. The minimum Gasteiger partial charge on any atom is -0.485 e. The molecule has 1 aromatic carbocycles. The summed E-state index contributed by atoms with van der Waals surface area (Å²) in [4.78, 5) is 13.8. The van der Waals surface area contributed by atoms with E-state index in [4.69, 9.17) is 4.74 Å². The summed E-state index contributed by atoms with van der Waals surface area (Å²) in [5, 5.41) is 10.7. The van der Waals surface area contributed by atoms with Crippen molar-refractivity contribution in [1.29, 1.82) is 0 Å². The molecule has 1 N–H and O–H groups in total. The molecule has 1 fully saturated rings. The topological polar surface area (TPSA) is 49.8 Å². The van der Waals surface area contributed by atoms with E-state index in [1.807, 2.05) is 0 Å². The molecular weight excluding hydrogens is 323 g/mol. The number of likely N-dealkylation sites (tertiary alicyclic amines) is 1. The van der Waals surface area contributed by atoms with Gasteiger partial charge in [0.15, 0.2) is 0 Å². The van der Waals surface area contributed by atoms with Crippen LogP contribution in [0.5, 0.6) is 5.75 Å². The minimum atomic E-state index is -4.50. The Morgan fingerprint density at radius 3 is 2.62 bits per heavy atom. The molecular formula is C17H20F3NO3. The molecule has 2 aliphatic heterocycles. The van der Waals surface area contributed by atoms with Crippen LogP contribution in [0.3, 0.4) is 0 Å². The summed E-state index contributed by atoms with van der Waals surface area (Å²) in [6.45, 7) is 3.76. The van der Waals surface area contributed by atoms with Gasteiger partial charge in [-0.25, -0.2) is 0 Å². The van der Waals surface area contributed by atoms with Gasteiger partial charge in [-0.3, -0.25) is 4.79 Å². The first-order valence-corrected chi connectivity index (χ1v) is 7.99. The zero-order chi connectivity index (χ0) is 17.7. The number of benzene rings is 1. The van der Waals surface area contributed by atoms with Crippen LogP contribution < -0.4 is 4.74 Å². The number of rotatable bonds is 1. The normalized spacial score (nSPS) is 26.8. The van der Waals surface area contributed by atoms with Crippen molar-refractivity contribution in [2.45, 2.75) is 57.0 Å². The summed E-state index contributed by atoms with van der Waals surface area (Å²) >= 11 is 0. The molecule has 0 radical (unpaired) electrons. The summed E-state index contributed by atoms with van der Waals surface area (Å²) in [6.07, 6.45) is -3.74. The number of alkyl halides is 3. The van der Waals surface area contributed by atoms with Crippen LogP contribution >= 0.6 is 0 Å². The van der Waals surface area contributed by atoms with Crippen molar-refractivity contribution in [2.75, 3.05) is 6.54 Å². The molecule has 0 bridgehead atoms. The molecule has 3 rings (SSSR count). The largest absolute Gasteiger partial charge is 0.485 e. The monoisotopic (exact) mass is 343 g/mol. The molecule has 132 valence electrons. The van der Waals surface area contributed by atoms with Gasteiger partial charge in [0.2, 0.25) is 5.91 Å². The quantitative estimate of drug-likeness (QED) is 0.851. The second kappa shape index (κ2) is 5.65. The van der Waals surface area contributed by atoms with Gasteiger partial charge >= 0.3 is 6.18 Å². The molecule has 24 heavy (non-hydrogen) atoms. The molecule has 7 heteroatoms. The number of aliphatic hydroxyl groups excluding tert-OH is 1. The third-order valence-corrected chi connectivity index (χ3v) is 4.74. The Hall–Kier alpha value is -1.76. The lowest BCUT2D eigenvalue weighted by Crippen LogP contribution is -2.55. The van der Waals surface area contributed by atoms with Crippen molar-refractivity contribution >= 4 is 5.91 Å². The molecule has 2 aliphatic rings. The number of halogens is 3. The van der Waals surface area contributed by atoms with E-state index < -0.39 is 29.5 Å². The molecule has 0 aromatic heterocycles. The van der Waals surface area contributed by atoms with Crippen LogP contribution in [0.25, 0.3) is 0 Å². The number of carbonyl (C=O) groups is 1. The van der Waals surface area contributed by atoms with Gasteiger partial charge in [0, 0.05) is 18.5 Å². The highest BCUT2D eigenvalue weighted by molar-refractivity contribution is 5.77. The Labute approximate surface area is 138 Å². The summed E-state index contributed by atoms with van der Waals surface area (Å²) in [5.41, 5.74) is -1.60. The highest BCUT2D eigenvalue weighted by Gasteiger charge is 2.47. The standard InChI is InChI=1S/C17H20F3NO3/c1-16(2)15(23)14(21-8-4-3-5-13(21)22)11-9-10(17(18,19)20)6-7-12(11)24-16/h6-7,9,14-15,23H,3-5,8H2,1-2H3/t14-,15+/m1/s1. The van der Waals surface area contributed by atoms with Gasteiger partial charge in [-0.2, -0.15) is 13.2 Å². The molecule has 4 nitrogen and oxygen atoms in total. The number of ether oxygens (including phenoxy) is 1. The van der Waals surface area contributed by atoms with E-state index in [0.717, 1.165) is 25.0 Å². The first kappa shape index (κ1) is 17.1. The predicted molar refractivity (Wildman–Crippen MR) is 80.5 cm³/mol. The van der Waals surface area contributed by atoms with E-state index in [-0.39, 0.29) is 17.2 Å². The van der Waals surface area contributed by atoms with Gasteiger partial charge in [-0.1, -0.05) is 0 Å². The fourth-order valence-electron chi connectivity index (χ4n) is 3.40. The molecule has 1 saturated heterocycles. The molecule has 0 spiro atoms. The first-order valence-electron chi connectivity index (χ1n) is 7.99. The van der Waals surface area contributed by atoms with E-state index in [2.05, 4.69) is 0 Å². The SMILES string of the molecule is CC1(C)Oc2ccc(C(F)(F)F)cc2[C@@H](N2CCCCC2=O)[C@@H]1O. The van der Waals surface area contributed by atoms with Gasteiger partial charge in [0.1, 0.15) is 17.5 Å². The maximum absolute atomic E-state index is 13.1. The number of carbonyl (C=O) groups excluding carboxylic acids is 1. The number of nitrogens with zero attached hydrogens (tertiary/aromatic N) is 1. The van der Waals surface area contributed by atoms with E-state index in [1.54, 1.807) is 13.8 Å². The van der Waals surface area contributed by atoms with Crippen LogP contribution in [0.15, 0.2) is 18.2 Å². The summed E-state index contributed by atoms with van der Waals surface area (Å²) in [7, 11) is 0. The van der Waals surface area contributed by atoms with Crippen LogP contribution in [0, 0.1) is 0 Å². The third-order valence-electron chi connectivity index (χ3n) is 4.74. The van der Waals surface area contributed by atoms with Crippen molar-refractivity contribution in [3.8, 4) is 5.75 Å². The smallest absolute Gasteiger partial charge is 0.416 e. The van der Waals surface area contributed by atoms with E-state index in [9.17, 15) is 23.1 Å². The van der Waals surface area contributed by atoms with Crippen LogP contribution in [0.1, 0.15) is 50.3 Å². The lowest BCUT2D eigenvalue weighted by Gasteiger charge is -2.47. The van der Waals surface area contributed by atoms with Crippen molar-refractivity contribution in [3.63, 3.8) is 0 Å². The molecule has 2 heterocycles. The zero-order valence-electron chi connectivity index (χ0n) is 13.6. The predicted octanol–water partition coefficient (Wildman–Crippen LogP) is 3.29. The van der Waals surface area contributed by atoms with Crippen molar-refractivity contribution in [3.05, 3.63) is 29.3 Å². The fraction of sp³-hybridized carbons (Fsp3) is 0.588. The van der Waals surface area contributed by atoms with Crippen LogP contribution in [-0.2, 0) is 11.0 Å². The Morgan fingerprint density at radius 1 is 1.29 bits per heavy atom. The van der Waals surface area contributed by atoms with Gasteiger partial charge in [0.25, 0.3) is 0 Å². The fourth-order valence-corrected chi connectivity index (χ4v) is 3.40.